The number of nitrogens with one attached hydrogen (secondary N) is 1. The molecule has 0 aliphatic carbocycles. The zero-order valence-electron chi connectivity index (χ0n) is 14.1. The van der Waals surface area contributed by atoms with E-state index < -0.39 is 10.0 Å². The molecule has 1 amide bonds. The van der Waals surface area contributed by atoms with Gasteiger partial charge in [0.25, 0.3) is 5.91 Å². The lowest BCUT2D eigenvalue weighted by atomic mass is 10.3. The Labute approximate surface area is 165 Å². The van der Waals surface area contributed by atoms with E-state index in [1.807, 2.05) is 0 Å². The third-order valence-electron chi connectivity index (χ3n) is 4.27. The van der Waals surface area contributed by atoms with Crippen LogP contribution in [0.25, 0.3) is 10.2 Å². The van der Waals surface area contributed by atoms with Gasteiger partial charge in [0.1, 0.15) is 5.15 Å². The molecular weight excluding hydrogens is 408 g/mol. The maximum atomic E-state index is 12.7. The molecule has 1 aromatic carbocycles. The van der Waals surface area contributed by atoms with E-state index in [2.05, 4.69) is 15.3 Å². The van der Waals surface area contributed by atoms with E-state index in [1.165, 1.54) is 27.9 Å². The van der Waals surface area contributed by atoms with Crippen molar-refractivity contribution in [3.63, 3.8) is 0 Å². The van der Waals surface area contributed by atoms with Crippen LogP contribution in [-0.4, -0.2) is 41.7 Å². The molecule has 27 heavy (non-hydrogen) atoms. The minimum absolute atomic E-state index is 0.250. The first-order valence-corrected chi connectivity index (χ1v) is 10.9. The molecule has 4 rings (SSSR count). The molecule has 0 unspecified atom stereocenters. The highest BCUT2D eigenvalue weighted by Gasteiger charge is 2.27. The number of amides is 1. The Balaban J connectivity index is 1.59. The third-order valence-corrected chi connectivity index (χ3v) is 7.32. The van der Waals surface area contributed by atoms with Crippen molar-refractivity contribution in [3.05, 3.63) is 47.2 Å². The molecule has 0 atom stereocenters. The first kappa shape index (κ1) is 18.3. The molecule has 7 nitrogen and oxygen atoms in total. The van der Waals surface area contributed by atoms with Gasteiger partial charge in [-0.2, -0.15) is 4.31 Å². The Morgan fingerprint density at radius 3 is 2.67 bits per heavy atom. The van der Waals surface area contributed by atoms with Crippen molar-refractivity contribution < 1.29 is 13.2 Å². The van der Waals surface area contributed by atoms with Gasteiger partial charge in [-0.15, -0.1) is 0 Å². The summed E-state index contributed by atoms with van der Waals surface area (Å²) in [7, 11) is -3.49. The SMILES string of the molecule is O=C(Nc1nc2ccc(S(=O)(=O)N3CCCC3)cc2s1)c1ccc(Cl)nc1. The quantitative estimate of drug-likeness (QED) is 0.650. The van der Waals surface area contributed by atoms with Gasteiger partial charge in [0.2, 0.25) is 10.0 Å². The second-order valence-electron chi connectivity index (χ2n) is 6.08. The number of halogens is 1. The first-order chi connectivity index (χ1) is 12.9. The van der Waals surface area contributed by atoms with E-state index in [-0.39, 0.29) is 10.8 Å². The minimum Gasteiger partial charge on any atom is -0.298 e. The van der Waals surface area contributed by atoms with Crippen LogP contribution < -0.4 is 5.32 Å². The fourth-order valence-electron chi connectivity index (χ4n) is 2.88. The van der Waals surface area contributed by atoms with Crippen molar-refractivity contribution in [2.45, 2.75) is 17.7 Å². The Bertz CT molecular complexity index is 1110. The number of benzene rings is 1. The number of carbonyl (C=O) groups excluding carboxylic acids is 1. The number of carbonyl (C=O) groups is 1. The first-order valence-electron chi connectivity index (χ1n) is 8.27. The number of fused-ring (bicyclic) bond motifs is 1. The van der Waals surface area contributed by atoms with Crippen LogP contribution in [-0.2, 0) is 10.0 Å². The predicted molar refractivity (Wildman–Crippen MR) is 105 cm³/mol. The summed E-state index contributed by atoms with van der Waals surface area (Å²) in [4.78, 5) is 20.7. The molecule has 0 radical (unpaired) electrons. The molecule has 3 heterocycles. The smallest absolute Gasteiger partial charge is 0.259 e. The molecule has 2 aromatic heterocycles. The van der Waals surface area contributed by atoms with E-state index in [9.17, 15) is 13.2 Å². The van der Waals surface area contributed by atoms with Crippen LogP contribution in [0.3, 0.4) is 0 Å². The zero-order chi connectivity index (χ0) is 19.0. The Morgan fingerprint density at radius 1 is 1.19 bits per heavy atom. The summed E-state index contributed by atoms with van der Waals surface area (Å²) >= 11 is 6.95. The summed E-state index contributed by atoms with van der Waals surface area (Å²) in [5, 5.41) is 3.40. The summed E-state index contributed by atoms with van der Waals surface area (Å²) in [5.41, 5.74) is 0.987. The van der Waals surface area contributed by atoms with E-state index >= 15 is 0 Å². The van der Waals surface area contributed by atoms with E-state index in [0.29, 0.717) is 39.2 Å². The summed E-state index contributed by atoms with van der Waals surface area (Å²) in [6, 6.07) is 7.93. The molecule has 1 saturated heterocycles. The van der Waals surface area contributed by atoms with Crippen molar-refractivity contribution in [1.82, 2.24) is 14.3 Å². The molecule has 0 spiro atoms. The fraction of sp³-hybridized carbons (Fsp3) is 0.235. The van der Waals surface area contributed by atoms with Crippen molar-refractivity contribution in [3.8, 4) is 0 Å². The highest BCUT2D eigenvalue weighted by Crippen LogP contribution is 2.30. The Morgan fingerprint density at radius 2 is 1.96 bits per heavy atom. The summed E-state index contributed by atoms with van der Waals surface area (Å²) in [5.74, 6) is -0.358. The normalized spacial score (nSPS) is 15.3. The van der Waals surface area contributed by atoms with Crippen molar-refractivity contribution >= 4 is 54.2 Å². The van der Waals surface area contributed by atoms with E-state index in [0.717, 1.165) is 12.8 Å². The van der Waals surface area contributed by atoms with Crippen LogP contribution in [0.15, 0.2) is 41.4 Å². The van der Waals surface area contributed by atoms with Crippen LogP contribution in [0, 0.1) is 0 Å². The van der Waals surface area contributed by atoms with Crippen LogP contribution in [0.5, 0.6) is 0 Å². The Kier molecular flexibility index (Phi) is 4.85. The van der Waals surface area contributed by atoms with Crippen LogP contribution in [0.2, 0.25) is 5.15 Å². The summed E-state index contributed by atoms with van der Waals surface area (Å²) < 4.78 is 27.6. The van der Waals surface area contributed by atoms with Gasteiger partial charge in [-0.25, -0.2) is 18.4 Å². The van der Waals surface area contributed by atoms with Gasteiger partial charge < -0.3 is 0 Å². The number of nitrogens with zero attached hydrogens (tertiary/aromatic N) is 3. The van der Waals surface area contributed by atoms with Crippen molar-refractivity contribution in [1.29, 1.82) is 0 Å². The molecule has 1 fully saturated rings. The number of aromatic nitrogens is 2. The maximum absolute atomic E-state index is 12.7. The second kappa shape index (κ2) is 7.16. The standard InChI is InChI=1S/C17H15ClN4O3S2/c18-15-6-3-11(10-19-15)16(23)21-17-20-13-5-4-12(9-14(13)26-17)27(24,25)22-7-1-2-8-22/h3-6,9-10H,1-2,7-8H2,(H,20,21,23). The van der Waals surface area contributed by atoms with Gasteiger partial charge in [0.15, 0.2) is 5.13 Å². The molecule has 3 aromatic rings. The molecule has 140 valence electrons. The number of rotatable bonds is 4. The minimum atomic E-state index is -3.49. The average molecular weight is 423 g/mol. The van der Waals surface area contributed by atoms with Crippen molar-refractivity contribution in [2.75, 3.05) is 18.4 Å². The monoisotopic (exact) mass is 422 g/mol. The van der Waals surface area contributed by atoms with Crippen LogP contribution >= 0.6 is 22.9 Å². The Hall–Kier alpha value is -2.07. The highest BCUT2D eigenvalue weighted by atomic mass is 35.5. The lowest BCUT2D eigenvalue weighted by molar-refractivity contribution is 0.102. The lowest BCUT2D eigenvalue weighted by Crippen LogP contribution is -2.27. The lowest BCUT2D eigenvalue weighted by Gasteiger charge is -2.15. The molecule has 1 aliphatic heterocycles. The van der Waals surface area contributed by atoms with Gasteiger partial charge in [0, 0.05) is 19.3 Å². The summed E-state index contributed by atoms with van der Waals surface area (Å²) in [6.07, 6.45) is 3.15. The second-order valence-corrected chi connectivity index (χ2v) is 9.44. The van der Waals surface area contributed by atoms with E-state index in [4.69, 9.17) is 11.6 Å². The largest absolute Gasteiger partial charge is 0.298 e. The van der Waals surface area contributed by atoms with Gasteiger partial charge >= 0.3 is 0 Å². The van der Waals surface area contributed by atoms with Gasteiger partial charge in [-0.3, -0.25) is 10.1 Å². The van der Waals surface area contributed by atoms with Crippen LogP contribution in [0.4, 0.5) is 5.13 Å². The van der Waals surface area contributed by atoms with E-state index in [1.54, 1.807) is 24.3 Å². The molecule has 1 N–H and O–H groups in total. The summed E-state index contributed by atoms with van der Waals surface area (Å²) in [6.45, 7) is 1.11. The highest BCUT2D eigenvalue weighted by molar-refractivity contribution is 7.89. The maximum Gasteiger partial charge on any atom is 0.259 e. The van der Waals surface area contributed by atoms with Crippen LogP contribution in [0.1, 0.15) is 23.2 Å². The predicted octanol–water partition coefficient (Wildman–Crippen LogP) is 3.38. The zero-order valence-corrected chi connectivity index (χ0v) is 16.4. The number of pyridine rings is 1. The van der Waals surface area contributed by atoms with Gasteiger partial charge in [-0.05, 0) is 43.2 Å². The number of hydrogen-bond acceptors (Lipinski definition) is 6. The topological polar surface area (TPSA) is 92.3 Å². The number of hydrogen-bond donors (Lipinski definition) is 1. The van der Waals surface area contributed by atoms with Crippen molar-refractivity contribution in [2.24, 2.45) is 0 Å². The molecule has 0 bridgehead atoms. The molecular formula is C17H15ClN4O3S2. The molecule has 0 saturated carbocycles. The molecule has 1 aliphatic rings. The van der Waals surface area contributed by atoms with Gasteiger partial charge in [0.05, 0.1) is 20.7 Å². The third kappa shape index (κ3) is 3.68. The number of sulfonamides is 1. The number of thiazole rings is 1. The fourth-order valence-corrected chi connectivity index (χ4v) is 5.51. The van der Waals surface area contributed by atoms with Gasteiger partial charge in [-0.1, -0.05) is 22.9 Å². The molecule has 10 heteroatoms. The number of anilines is 1. The average Bonchev–Trinajstić information content (AvgIpc) is 3.31.